The van der Waals surface area contributed by atoms with Gasteiger partial charge in [0.1, 0.15) is 6.10 Å². The molecule has 0 unspecified atom stereocenters. The van der Waals surface area contributed by atoms with Gasteiger partial charge >= 0.3 is 6.03 Å². The van der Waals surface area contributed by atoms with E-state index >= 15 is 0 Å². The van der Waals surface area contributed by atoms with Gasteiger partial charge in [-0.2, -0.15) is 0 Å². The molecule has 2 aliphatic carbocycles. The van der Waals surface area contributed by atoms with Gasteiger partial charge in [0.2, 0.25) is 0 Å². The number of nitrogens with zero attached hydrogens (tertiary/aromatic N) is 1. The second-order valence-electron chi connectivity index (χ2n) is 7.40. The van der Waals surface area contributed by atoms with Crippen LogP contribution in [-0.4, -0.2) is 36.2 Å². The Hall–Kier alpha value is -1.55. The van der Waals surface area contributed by atoms with E-state index in [2.05, 4.69) is 24.4 Å². The second-order valence-corrected chi connectivity index (χ2v) is 7.40. The SMILES string of the molecule is C[C@@H]1CN(C(=O)NC(C2CC2)C2CC2)C[C@@H](c2ccccc2)O1. The summed E-state index contributed by atoms with van der Waals surface area (Å²) in [4.78, 5) is 14.7. The average Bonchev–Trinajstić information content (AvgIpc) is 3.46. The monoisotopic (exact) mass is 314 g/mol. The maximum Gasteiger partial charge on any atom is 0.317 e. The van der Waals surface area contributed by atoms with E-state index in [0.29, 0.717) is 19.1 Å². The zero-order valence-electron chi connectivity index (χ0n) is 13.8. The number of urea groups is 1. The van der Waals surface area contributed by atoms with Crippen molar-refractivity contribution in [3.63, 3.8) is 0 Å². The predicted molar refractivity (Wildman–Crippen MR) is 89.1 cm³/mol. The highest BCUT2D eigenvalue weighted by atomic mass is 16.5. The Balaban J connectivity index is 1.41. The van der Waals surface area contributed by atoms with Gasteiger partial charge in [0.25, 0.3) is 0 Å². The van der Waals surface area contributed by atoms with E-state index in [1.165, 1.54) is 25.7 Å². The number of benzene rings is 1. The van der Waals surface area contributed by atoms with E-state index in [9.17, 15) is 4.79 Å². The van der Waals surface area contributed by atoms with Gasteiger partial charge in [-0.1, -0.05) is 30.3 Å². The average molecular weight is 314 g/mol. The first kappa shape index (κ1) is 15.0. The molecule has 0 spiro atoms. The Bertz CT molecular complexity index is 542. The fourth-order valence-corrected chi connectivity index (χ4v) is 3.73. The van der Waals surface area contributed by atoms with Gasteiger partial charge in [0.15, 0.2) is 0 Å². The zero-order valence-corrected chi connectivity index (χ0v) is 13.8. The van der Waals surface area contributed by atoms with Gasteiger partial charge in [-0.3, -0.25) is 0 Å². The molecule has 1 heterocycles. The van der Waals surface area contributed by atoms with Crippen LogP contribution in [0.1, 0.15) is 44.3 Å². The fourth-order valence-electron chi connectivity index (χ4n) is 3.73. The molecular weight excluding hydrogens is 288 g/mol. The summed E-state index contributed by atoms with van der Waals surface area (Å²) in [6, 6.07) is 10.7. The van der Waals surface area contributed by atoms with E-state index in [1.807, 2.05) is 23.1 Å². The minimum Gasteiger partial charge on any atom is -0.367 e. The predicted octanol–water partition coefficient (Wildman–Crippen LogP) is 3.35. The quantitative estimate of drug-likeness (QED) is 0.926. The topological polar surface area (TPSA) is 41.6 Å². The molecule has 1 aliphatic heterocycles. The Labute approximate surface area is 138 Å². The molecule has 2 amide bonds. The second kappa shape index (κ2) is 6.16. The van der Waals surface area contributed by atoms with Crippen molar-refractivity contribution in [2.24, 2.45) is 11.8 Å². The number of amides is 2. The van der Waals surface area contributed by atoms with Crippen LogP contribution in [0.25, 0.3) is 0 Å². The van der Waals surface area contributed by atoms with Crippen LogP contribution in [-0.2, 0) is 4.74 Å². The van der Waals surface area contributed by atoms with Crippen LogP contribution in [0.15, 0.2) is 30.3 Å². The molecule has 4 nitrogen and oxygen atoms in total. The van der Waals surface area contributed by atoms with E-state index < -0.39 is 0 Å². The first-order valence-corrected chi connectivity index (χ1v) is 8.96. The van der Waals surface area contributed by atoms with E-state index in [4.69, 9.17) is 4.74 Å². The third-order valence-electron chi connectivity index (χ3n) is 5.27. The Morgan fingerprint density at radius 2 is 1.78 bits per heavy atom. The van der Waals surface area contributed by atoms with E-state index in [-0.39, 0.29) is 18.2 Å². The molecule has 1 aromatic carbocycles. The molecule has 0 radical (unpaired) electrons. The summed E-state index contributed by atoms with van der Waals surface area (Å²) >= 11 is 0. The van der Waals surface area contributed by atoms with E-state index in [1.54, 1.807) is 0 Å². The molecule has 23 heavy (non-hydrogen) atoms. The number of nitrogens with one attached hydrogen (secondary N) is 1. The third-order valence-corrected chi connectivity index (χ3v) is 5.27. The highest BCUT2D eigenvalue weighted by molar-refractivity contribution is 5.75. The molecule has 3 aliphatic rings. The maximum absolute atomic E-state index is 12.8. The summed E-state index contributed by atoms with van der Waals surface area (Å²) in [5, 5.41) is 3.33. The van der Waals surface area contributed by atoms with Crippen molar-refractivity contribution in [1.82, 2.24) is 10.2 Å². The van der Waals surface area contributed by atoms with Crippen molar-refractivity contribution in [3.8, 4) is 0 Å². The van der Waals surface area contributed by atoms with Gasteiger partial charge in [0, 0.05) is 12.6 Å². The summed E-state index contributed by atoms with van der Waals surface area (Å²) in [7, 11) is 0. The van der Waals surface area contributed by atoms with Crippen molar-refractivity contribution in [1.29, 1.82) is 0 Å². The molecule has 0 aromatic heterocycles. The summed E-state index contributed by atoms with van der Waals surface area (Å²) in [5.74, 6) is 1.46. The van der Waals surface area contributed by atoms with Gasteiger partial charge in [-0.05, 0) is 50.0 Å². The van der Waals surface area contributed by atoms with Crippen LogP contribution >= 0.6 is 0 Å². The molecule has 2 saturated carbocycles. The normalized spacial score (nSPS) is 28.0. The number of carbonyl (C=O) groups is 1. The lowest BCUT2D eigenvalue weighted by Gasteiger charge is -2.37. The Morgan fingerprint density at radius 1 is 1.13 bits per heavy atom. The maximum atomic E-state index is 12.8. The van der Waals surface area contributed by atoms with Gasteiger partial charge < -0.3 is 15.0 Å². The number of morpholine rings is 1. The zero-order chi connectivity index (χ0) is 15.8. The van der Waals surface area contributed by atoms with Gasteiger partial charge in [0.05, 0.1) is 12.6 Å². The van der Waals surface area contributed by atoms with Crippen molar-refractivity contribution >= 4 is 6.03 Å². The lowest BCUT2D eigenvalue weighted by Crippen LogP contribution is -2.52. The van der Waals surface area contributed by atoms with Crippen molar-refractivity contribution in [2.45, 2.75) is 50.9 Å². The molecule has 0 bridgehead atoms. The lowest BCUT2D eigenvalue weighted by molar-refractivity contribution is -0.0660. The number of hydrogen-bond donors (Lipinski definition) is 1. The van der Waals surface area contributed by atoms with E-state index in [0.717, 1.165) is 17.4 Å². The van der Waals surface area contributed by atoms with Crippen LogP contribution in [0.3, 0.4) is 0 Å². The lowest BCUT2D eigenvalue weighted by atomic mass is 10.1. The van der Waals surface area contributed by atoms with Crippen molar-refractivity contribution in [3.05, 3.63) is 35.9 Å². The minimum atomic E-state index is -0.0222. The Kier molecular flexibility index (Phi) is 4.02. The largest absolute Gasteiger partial charge is 0.367 e. The highest BCUT2D eigenvalue weighted by Gasteiger charge is 2.43. The fraction of sp³-hybridized carbons (Fsp3) is 0.632. The molecule has 4 heteroatoms. The molecule has 1 saturated heterocycles. The molecule has 1 aromatic rings. The number of rotatable bonds is 4. The standard InChI is InChI=1S/C19H26N2O2/c1-13-11-21(12-17(23-13)14-5-3-2-4-6-14)19(22)20-18(15-7-8-15)16-9-10-16/h2-6,13,15-18H,7-12H2,1H3,(H,20,22)/t13-,17+/m1/s1. The number of ether oxygens (including phenoxy) is 1. The van der Waals surface area contributed by atoms with Crippen LogP contribution in [0.5, 0.6) is 0 Å². The van der Waals surface area contributed by atoms with Crippen molar-refractivity contribution in [2.75, 3.05) is 13.1 Å². The number of carbonyl (C=O) groups excluding carboxylic acids is 1. The molecule has 4 rings (SSSR count). The molecule has 124 valence electrons. The van der Waals surface area contributed by atoms with Crippen LogP contribution < -0.4 is 5.32 Å². The first-order chi connectivity index (χ1) is 11.2. The summed E-state index contributed by atoms with van der Waals surface area (Å²) in [5.41, 5.74) is 1.15. The van der Waals surface area contributed by atoms with Crippen LogP contribution in [0, 0.1) is 11.8 Å². The minimum absolute atomic E-state index is 0.0222. The third kappa shape index (κ3) is 3.52. The molecule has 1 N–H and O–H groups in total. The van der Waals surface area contributed by atoms with Gasteiger partial charge in [-0.25, -0.2) is 4.79 Å². The Morgan fingerprint density at radius 3 is 2.39 bits per heavy atom. The smallest absolute Gasteiger partial charge is 0.317 e. The molecule has 2 atom stereocenters. The molecule has 3 fully saturated rings. The molecular formula is C19H26N2O2. The van der Waals surface area contributed by atoms with Crippen molar-refractivity contribution < 1.29 is 9.53 Å². The highest BCUT2D eigenvalue weighted by Crippen LogP contribution is 2.44. The van der Waals surface area contributed by atoms with Gasteiger partial charge in [-0.15, -0.1) is 0 Å². The summed E-state index contributed by atoms with van der Waals surface area (Å²) < 4.78 is 6.06. The number of hydrogen-bond acceptors (Lipinski definition) is 2. The van der Waals surface area contributed by atoms with Crippen LogP contribution in [0.4, 0.5) is 4.79 Å². The summed E-state index contributed by atoms with van der Waals surface area (Å²) in [6.45, 7) is 3.37. The summed E-state index contributed by atoms with van der Waals surface area (Å²) in [6.07, 6.45) is 5.19. The van der Waals surface area contributed by atoms with Crippen LogP contribution in [0.2, 0.25) is 0 Å². The first-order valence-electron chi connectivity index (χ1n) is 8.96.